The van der Waals surface area contributed by atoms with Gasteiger partial charge in [-0.3, -0.25) is 9.98 Å². The number of aliphatic imine (C=N–C) groups is 2. The first-order chi connectivity index (χ1) is 31.2. The van der Waals surface area contributed by atoms with Crippen molar-refractivity contribution in [2.45, 2.75) is 13.0 Å². The van der Waals surface area contributed by atoms with E-state index in [0.717, 1.165) is 57.0 Å². The maximum Gasteiger partial charge on any atom is 0.0716 e. The highest BCUT2D eigenvalue weighted by atomic mass is 15.1. The van der Waals surface area contributed by atoms with Crippen molar-refractivity contribution in [3.8, 4) is 44.5 Å². The number of allylic oxidation sites excluding steroid dienone is 1. The fraction of sp³-hybridized carbons (Fsp3) is 0.0333. The molecule has 0 saturated heterocycles. The summed E-state index contributed by atoms with van der Waals surface area (Å²) in [5.41, 5.74) is 20.5. The molecule has 300 valence electrons. The monoisotopic (exact) mass is 807 g/mol. The smallest absolute Gasteiger partial charge is 0.0716 e. The van der Waals surface area contributed by atoms with E-state index in [1.54, 1.807) is 0 Å². The topological polar surface area (TPSA) is 28.0 Å². The van der Waals surface area contributed by atoms with Crippen molar-refractivity contribution in [2.75, 3.05) is 4.90 Å². The zero-order valence-electron chi connectivity index (χ0n) is 35.0. The molecule has 9 aromatic rings. The van der Waals surface area contributed by atoms with Crippen molar-refractivity contribution in [3.05, 3.63) is 264 Å². The van der Waals surface area contributed by atoms with E-state index in [1.807, 2.05) is 12.1 Å². The first kappa shape index (κ1) is 39.0. The molecule has 0 aromatic heterocycles. The van der Waals surface area contributed by atoms with Gasteiger partial charge in [0.1, 0.15) is 0 Å². The molecule has 0 aliphatic heterocycles. The molecule has 63 heavy (non-hydrogen) atoms. The number of hydrogen-bond acceptors (Lipinski definition) is 3. The molecule has 0 radical (unpaired) electrons. The van der Waals surface area contributed by atoms with Crippen LogP contribution in [0.3, 0.4) is 0 Å². The van der Waals surface area contributed by atoms with Gasteiger partial charge in [0.2, 0.25) is 0 Å². The van der Waals surface area contributed by atoms with E-state index in [9.17, 15) is 0 Å². The van der Waals surface area contributed by atoms with Crippen LogP contribution in [0.4, 0.5) is 17.1 Å². The van der Waals surface area contributed by atoms with E-state index in [-0.39, 0.29) is 0 Å². The highest BCUT2D eigenvalue weighted by Gasteiger charge is 2.26. The Morgan fingerprint density at radius 3 is 1.51 bits per heavy atom. The van der Waals surface area contributed by atoms with Crippen molar-refractivity contribution in [1.29, 1.82) is 0 Å². The lowest BCUT2D eigenvalue weighted by Crippen LogP contribution is -2.11. The van der Waals surface area contributed by atoms with E-state index < -0.39 is 0 Å². The predicted octanol–water partition coefficient (Wildman–Crippen LogP) is 15.5. The van der Waals surface area contributed by atoms with Gasteiger partial charge in [-0.1, -0.05) is 200 Å². The number of para-hydroxylation sites is 1. The van der Waals surface area contributed by atoms with Crippen LogP contribution in [0.15, 0.2) is 247 Å². The zero-order chi connectivity index (χ0) is 42.4. The minimum atomic E-state index is 0.518. The molecule has 10 rings (SSSR count). The molecule has 1 aliphatic carbocycles. The standard InChI is InChI=1S/C60H45N3/c1-61-57(50-30-26-47(27-31-50)44-15-6-2-7-16-44)41-58(51-32-28-48(29-33-51)45-17-8-3-9-18-45)62-42-43-25-38-56-53(39-43)40-52-21-14-24-59(60(52)56)63(54-22-12-5-13-23-54)55-36-34-49(35-37-55)46-19-10-4-11-20-46/h2-39,41H,1,40,42H2/b57-41-,62-58?. The number of rotatable bonds is 12. The summed E-state index contributed by atoms with van der Waals surface area (Å²) in [6, 6.07) is 81.8. The van der Waals surface area contributed by atoms with Crippen molar-refractivity contribution in [3.63, 3.8) is 0 Å². The van der Waals surface area contributed by atoms with Gasteiger partial charge in [0.15, 0.2) is 0 Å². The first-order valence-electron chi connectivity index (χ1n) is 21.5. The third-order valence-corrected chi connectivity index (χ3v) is 11.9. The van der Waals surface area contributed by atoms with Crippen LogP contribution in [0, 0.1) is 0 Å². The fourth-order valence-corrected chi connectivity index (χ4v) is 8.68. The third kappa shape index (κ3) is 8.33. The van der Waals surface area contributed by atoms with Gasteiger partial charge in [-0.15, -0.1) is 0 Å². The van der Waals surface area contributed by atoms with Gasteiger partial charge in [-0.25, -0.2) is 0 Å². The van der Waals surface area contributed by atoms with Gasteiger partial charge in [0.05, 0.1) is 23.6 Å². The van der Waals surface area contributed by atoms with Gasteiger partial charge < -0.3 is 4.90 Å². The van der Waals surface area contributed by atoms with Gasteiger partial charge in [0, 0.05) is 22.5 Å². The Bertz CT molecular complexity index is 3060. The summed E-state index contributed by atoms with van der Waals surface area (Å²) < 4.78 is 0. The lowest BCUT2D eigenvalue weighted by molar-refractivity contribution is 1.06. The number of benzene rings is 9. The molecule has 9 aromatic carbocycles. The first-order valence-corrected chi connectivity index (χ1v) is 21.5. The second kappa shape index (κ2) is 17.8. The maximum atomic E-state index is 5.32. The predicted molar refractivity (Wildman–Crippen MR) is 266 cm³/mol. The number of fused-ring (bicyclic) bond motifs is 3. The quantitative estimate of drug-likeness (QED) is 0.113. The minimum absolute atomic E-state index is 0.518. The summed E-state index contributed by atoms with van der Waals surface area (Å²) in [6.45, 7) is 4.51. The molecular formula is C60H45N3. The number of anilines is 3. The molecule has 0 spiro atoms. The van der Waals surface area contributed by atoms with E-state index >= 15 is 0 Å². The average molecular weight is 808 g/mol. The van der Waals surface area contributed by atoms with Crippen molar-refractivity contribution in [2.24, 2.45) is 9.98 Å². The SMILES string of the molecule is C=N/C(=C\C(=NCc1ccc2c(c1)Cc1cccc(N(c3ccccc3)c3ccc(-c4ccccc4)cc3)c1-2)c1ccc(-c2ccccc2)cc1)c1ccc(-c2ccccc2)cc1. The van der Waals surface area contributed by atoms with Gasteiger partial charge in [-0.2, -0.15) is 0 Å². The van der Waals surface area contributed by atoms with Gasteiger partial charge in [-0.05, 0) is 111 Å². The minimum Gasteiger partial charge on any atom is -0.310 e. The number of nitrogens with zero attached hydrogens (tertiary/aromatic N) is 3. The van der Waals surface area contributed by atoms with Crippen LogP contribution < -0.4 is 4.90 Å². The molecule has 0 fully saturated rings. The maximum absolute atomic E-state index is 5.32. The van der Waals surface area contributed by atoms with Crippen molar-refractivity contribution >= 4 is 35.2 Å². The molecule has 0 unspecified atom stereocenters. The van der Waals surface area contributed by atoms with E-state index in [1.165, 1.54) is 50.2 Å². The molecule has 1 aliphatic rings. The normalized spacial score (nSPS) is 12.1. The summed E-state index contributed by atoms with van der Waals surface area (Å²) in [6.07, 6.45) is 2.94. The van der Waals surface area contributed by atoms with Crippen LogP contribution in [0.1, 0.15) is 27.8 Å². The Kier molecular flexibility index (Phi) is 11.0. The van der Waals surface area contributed by atoms with Crippen molar-refractivity contribution < 1.29 is 0 Å². The molecule has 0 amide bonds. The molecule has 0 atom stereocenters. The molecule has 0 bridgehead atoms. The average Bonchev–Trinajstić information content (AvgIpc) is 3.74. The second-order valence-electron chi connectivity index (χ2n) is 15.8. The summed E-state index contributed by atoms with van der Waals surface area (Å²) >= 11 is 0. The van der Waals surface area contributed by atoms with Crippen LogP contribution in [0.5, 0.6) is 0 Å². The van der Waals surface area contributed by atoms with Crippen LogP contribution in [-0.2, 0) is 13.0 Å². The largest absolute Gasteiger partial charge is 0.310 e. The Morgan fingerprint density at radius 1 is 0.460 bits per heavy atom. The fourth-order valence-electron chi connectivity index (χ4n) is 8.68. The highest BCUT2D eigenvalue weighted by molar-refractivity contribution is 6.12. The van der Waals surface area contributed by atoms with Crippen molar-refractivity contribution in [1.82, 2.24) is 0 Å². The Morgan fingerprint density at radius 2 is 0.952 bits per heavy atom. The second-order valence-corrected chi connectivity index (χ2v) is 15.8. The Hall–Kier alpha value is -8.14. The molecule has 3 nitrogen and oxygen atoms in total. The van der Waals surface area contributed by atoms with Crippen LogP contribution >= 0.6 is 0 Å². The zero-order valence-corrected chi connectivity index (χ0v) is 35.0. The summed E-state index contributed by atoms with van der Waals surface area (Å²) in [7, 11) is 0. The third-order valence-electron chi connectivity index (χ3n) is 11.9. The molecule has 0 saturated carbocycles. The van der Waals surface area contributed by atoms with E-state index in [0.29, 0.717) is 6.54 Å². The lowest BCUT2D eigenvalue weighted by atomic mass is 9.99. The molecule has 0 N–H and O–H groups in total. The molecule has 3 heteroatoms. The lowest BCUT2D eigenvalue weighted by Gasteiger charge is -2.28. The van der Waals surface area contributed by atoms with Crippen LogP contribution in [0.2, 0.25) is 0 Å². The van der Waals surface area contributed by atoms with Gasteiger partial charge in [0.25, 0.3) is 0 Å². The van der Waals surface area contributed by atoms with Gasteiger partial charge >= 0.3 is 0 Å². The van der Waals surface area contributed by atoms with E-state index in [2.05, 4.69) is 241 Å². The molecular weight excluding hydrogens is 763 g/mol. The Balaban J connectivity index is 0.985. The summed E-state index contributed by atoms with van der Waals surface area (Å²) in [4.78, 5) is 12.2. The van der Waals surface area contributed by atoms with E-state index in [4.69, 9.17) is 4.99 Å². The molecule has 0 heterocycles. The van der Waals surface area contributed by atoms with Crippen LogP contribution in [-0.4, -0.2) is 12.4 Å². The summed E-state index contributed by atoms with van der Waals surface area (Å²) in [5, 5.41) is 0. The summed E-state index contributed by atoms with van der Waals surface area (Å²) in [5.74, 6) is 0. The Labute approximate surface area is 370 Å². The highest BCUT2D eigenvalue weighted by Crippen LogP contribution is 2.47. The van der Waals surface area contributed by atoms with Crippen LogP contribution in [0.25, 0.3) is 50.2 Å². The number of hydrogen-bond donors (Lipinski definition) is 0.